The van der Waals surface area contributed by atoms with Crippen LogP contribution in [0.25, 0.3) is 110 Å². The molecule has 0 saturated heterocycles. The van der Waals surface area contributed by atoms with Crippen molar-refractivity contribution in [2.75, 3.05) is 0 Å². The summed E-state index contributed by atoms with van der Waals surface area (Å²) >= 11 is 0. The van der Waals surface area contributed by atoms with Gasteiger partial charge in [-0.15, -0.1) is 16.4 Å². The number of hydrogen-bond acceptors (Lipinski definition) is 1. The molecule has 1 heterocycles. The van der Waals surface area contributed by atoms with Gasteiger partial charge in [0.2, 0.25) is 0 Å². The van der Waals surface area contributed by atoms with E-state index < -0.39 is 0 Å². The van der Waals surface area contributed by atoms with Crippen molar-refractivity contribution in [3.63, 3.8) is 0 Å². The molecule has 0 unspecified atom stereocenters. The van der Waals surface area contributed by atoms with Gasteiger partial charge >= 0.3 is 0 Å². The van der Waals surface area contributed by atoms with Crippen molar-refractivity contribution < 1.29 is 4.42 Å². The van der Waals surface area contributed by atoms with Crippen molar-refractivity contribution in [3.05, 3.63) is 152 Å². The van der Waals surface area contributed by atoms with E-state index in [1.807, 2.05) is 24.3 Å². The minimum absolute atomic E-state index is 0.178. The first-order valence-corrected chi connectivity index (χ1v) is 18.6. The normalized spacial score (nSPS) is 11.9. The van der Waals surface area contributed by atoms with Gasteiger partial charge in [-0.2, -0.15) is 0 Å². The minimum atomic E-state index is 0.178. The van der Waals surface area contributed by atoms with E-state index in [9.17, 15) is 0 Å². The molecule has 0 atom stereocenters. The average Bonchev–Trinajstić information content (AvgIpc) is 3.64. The summed E-state index contributed by atoms with van der Waals surface area (Å²) in [6.07, 6.45) is 0. The molecule has 11 aromatic rings. The maximum Gasteiger partial charge on any atom is 0.143 e. The molecule has 0 spiro atoms. The highest BCUT2D eigenvalue weighted by atomic mass is 16.3. The average molecular weight is 696 g/mol. The molecule has 0 aliphatic carbocycles. The topological polar surface area (TPSA) is 13.1 Å². The van der Waals surface area contributed by atoms with E-state index in [-0.39, 0.29) is 27.3 Å². The molecular weight excluding hydrogens is 671 g/mol. The van der Waals surface area contributed by atoms with E-state index in [0.717, 1.165) is 32.9 Å². The van der Waals surface area contributed by atoms with E-state index in [4.69, 9.17) is 43.6 Å². The summed E-state index contributed by atoms with van der Waals surface area (Å²) < 4.78 is 6.64. The summed E-state index contributed by atoms with van der Waals surface area (Å²) in [4.78, 5) is 0. The SMILES string of the molecule is [B]c1c([B])c([B])c(-c2cccc3c2oc2cccc(-c4ccc(-c5ccc6ccc7c(-c8ccccc8)ccc8ccc5c6c87)c5ccccc45)c23)c([B])c1[B]. The van der Waals surface area contributed by atoms with Crippen LogP contribution in [0.4, 0.5) is 0 Å². The molecule has 11 rings (SSSR count). The number of para-hydroxylation sites is 1. The summed E-state index contributed by atoms with van der Waals surface area (Å²) in [5, 5.41) is 11.8. The summed E-state index contributed by atoms with van der Waals surface area (Å²) in [6.45, 7) is 0. The fraction of sp³-hybridized carbons (Fsp3) is 0. The molecule has 0 bridgehead atoms. The van der Waals surface area contributed by atoms with Crippen LogP contribution in [0.1, 0.15) is 0 Å². The van der Waals surface area contributed by atoms with Gasteiger partial charge in [-0.1, -0.05) is 157 Å². The van der Waals surface area contributed by atoms with Gasteiger partial charge in [0.05, 0.1) is 0 Å². The van der Waals surface area contributed by atoms with Crippen molar-refractivity contribution >= 4 is 132 Å². The maximum atomic E-state index is 6.64. The second kappa shape index (κ2) is 12.3. The molecule has 0 fully saturated rings. The van der Waals surface area contributed by atoms with Crippen LogP contribution in [0, 0.1) is 0 Å². The number of hydrogen-bond donors (Lipinski definition) is 0. The Balaban J connectivity index is 1.13. The van der Waals surface area contributed by atoms with Gasteiger partial charge in [0.25, 0.3) is 0 Å². The Labute approximate surface area is 330 Å². The van der Waals surface area contributed by atoms with E-state index in [2.05, 4.69) is 127 Å². The smallest absolute Gasteiger partial charge is 0.143 e. The van der Waals surface area contributed by atoms with Crippen LogP contribution in [-0.4, -0.2) is 39.2 Å². The van der Waals surface area contributed by atoms with Crippen LogP contribution in [-0.2, 0) is 0 Å². The third-order valence-electron chi connectivity index (χ3n) is 11.7. The molecule has 0 amide bonds. The molecule has 6 heteroatoms. The second-order valence-electron chi connectivity index (χ2n) is 14.6. The third kappa shape index (κ3) is 4.62. The van der Waals surface area contributed by atoms with E-state index in [1.165, 1.54) is 60.0 Å². The molecule has 246 valence electrons. The lowest BCUT2D eigenvalue weighted by Crippen LogP contribution is -2.55. The van der Waals surface area contributed by atoms with Gasteiger partial charge in [0.15, 0.2) is 0 Å². The lowest BCUT2D eigenvalue weighted by Gasteiger charge is -2.21. The van der Waals surface area contributed by atoms with Gasteiger partial charge in [-0.05, 0) is 88.1 Å². The molecule has 0 N–H and O–H groups in total. The van der Waals surface area contributed by atoms with Gasteiger partial charge < -0.3 is 4.42 Å². The first kappa shape index (κ1) is 33.0. The lowest BCUT2D eigenvalue weighted by molar-refractivity contribution is 0.670. The van der Waals surface area contributed by atoms with Gasteiger partial charge in [-0.25, -0.2) is 0 Å². The second-order valence-corrected chi connectivity index (χ2v) is 14.6. The lowest BCUT2D eigenvalue weighted by atomic mass is 9.59. The molecule has 0 saturated carbocycles. The predicted octanol–water partition coefficient (Wildman–Crippen LogP) is 8.27. The van der Waals surface area contributed by atoms with Crippen LogP contribution < -0.4 is 27.3 Å². The largest absolute Gasteiger partial charge is 0.455 e. The number of rotatable bonds is 4. The standard InChI is InChI=1S/C50H25B5O/c51-45-44(46(52)48(54)49(55)47(45)53)39-14-6-13-38-43-35(12-7-15-40(43)56-50(38)39)34-25-24-32(30-10-4-5-11-31(30)34)33-21-17-28-18-22-36-29(26-8-2-1-3-9-26)20-16-27-19-23-37(33)42(28)41(27)36/h1-25H. The van der Waals surface area contributed by atoms with Crippen LogP contribution >= 0.6 is 0 Å². The number of benzene rings is 10. The summed E-state index contributed by atoms with van der Waals surface area (Å²) in [7, 11) is 31.8. The highest BCUT2D eigenvalue weighted by Crippen LogP contribution is 2.46. The molecular formula is C50H25B5O. The quantitative estimate of drug-likeness (QED) is 0.134. The highest BCUT2D eigenvalue weighted by Gasteiger charge is 2.22. The van der Waals surface area contributed by atoms with Crippen molar-refractivity contribution in [2.45, 2.75) is 0 Å². The Bertz CT molecular complexity index is 3390. The monoisotopic (exact) mass is 696 g/mol. The predicted molar refractivity (Wildman–Crippen MR) is 244 cm³/mol. The zero-order valence-electron chi connectivity index (χ0n) is 30.2. The molecule has 10 aromatic carbocycles. The molecule has 1 nitrogen and oxygen atoms in total. The Kier molecular flexibility index (Phi) is 7.26. The maximum absolute atomic E-state index is 6.64. The third-order valence-corrected chi connectivity index (χ3v) is 11.7. The van der Waals surface area contributed by atoms with Crippen molar-refractivity contribution in [2.24, 2.45) is 0 Å². The Hall–Kier alpha value is -6.38. The number of fused-ring (bicyclic) bond motifs is 4. The van der Waals surface area contributed by atoms with Crippen LogP contribution in [0.3, 0.4) is 0 Å². The van der Waals surface area contributed by atoms with Crippen LogP contribution in [0.5, 0.6) is 0 Å². The molecule has 10 radical (unpaired) electrons. The summed E-state index contributed by atoms with van der Waals surface area (Å²) in [6, 6.07) is 54.2. The fourth-order valence-corrected chi connectivity index (χ4v) is 9.08. The Morgan fingerprint density at radius 3 is 1.46 bits per heavy atom. The Morgan fingerprint density at radius 2 is 0.786 bits per heavy atom. The van der Waals surface area contributed by atoms with Crippen LogP contribution in [0.15, 0.2) is 156 Å². The first-order valence-electron chi connectivity index (χ1n) is 18.6. The molecule has 56 heavy (non-hydrogen) atoms. The van der Waals surface area contributed by atoms with Gasteiger partial charge in [0, 0.05) is 16.3 Å². The summed E-state index contributed by atoms with van der Waals surface area (Å²) in [5.74, 6) is 0. The van der Waals surface area contributed by atoms with E-state index in [1.54, 1.807) is 0 Å². The zero-order valence-corrected chi connectivity index (χ0v) is 30.2. The fourth-order valence-electron chi connectivity index (χ4n) is 9.08. The van der Waals surface area contributed by atoms with Crippen molar-refractivity contribution in [1.82, 2.24) is 0 Å². The minimum Gasteiger partial charge on any atom is -0.455 e. The Morgan fingerprint density at radius 1 is 0.304 bits per heavy atom. The summed E-state index contributed by atoms with van der Waals surface area (Å²) in [5.41, 5.74) is 10.7. The zero-order chi connectivity index (χ0) is 37.8. The van der Waals surface area contributed by atoms with E-state index in [0.29, 0.717) is 16.7 Å². The van der Waals surface area contributed by atoms with Crippen LogP contribution in [0.2, 0.25) is 0 Å². The van der Waals surface area contributed by atoms with Crippen molar-refractivity contribution in [1.29, 1.82) is 0 Å². The van der Waals surface area contributed by atoms with Gasteiger partial charge in [0.1, 0.15) is 50.4 Å². The van der Waals surface area contributed by atoms with Crippen molar-refractivity contribution in [3.8, 4) is 44.5 Å². The molecule has 0 aliphatic heterocycles. The molecule has 0 aliphatic rings. The first-order chi connectivity index (χ1) is 27.4. The molecule has 1 aromatic heterocycles. The highest BCUT2D eigenvalue weighted by molar-refractivity contribution is 6.68. The van der Waals surface area contributed by atoms with E-state index >= 15 is 0 Å². The number of furan rings is 1. The van der Waals surface area contributed by atoms with Gasteiger partial charge in [-0.3, -0.25) is 0 Å².